The Morgan fingerprint density at radius 3 is 2.39 bits per heavy atom. The van der Waals surface area contributed by atoms with Gasteiger partial charge in [-0.15, -0.1) is 0 Å². The van der Waals surface area contributed by atoms with Crippen LogP contribution >= 0.6 is 0 Å². The van der Waals surface area contributed by atoms with Gasteiger partial charge in [-0.05, 0) is 48.6 Å². The Labute approximate surface area is 180 Å². The number of aryl methyl sites for hydroxylation is 1. The topological polar surface area (TPSA) is 92.8 Å². The van der Waals surface area contributed by atoms with Gasteiger partial charge in [-0.1, -0.05) is 43.3 Å². The molecule has 1 unspecified atom stereocenters. The zero-order chi connectivity index (χ0) is 22.2. The van der Waals surface area contributed by atoms with E-state index in [9.17, 15) is 18.0 Å². The lowest BCUT2D eigenvalue weighted by atomic mass is 10.1. The first kappa shape index (κ1) is 20.9. The van der Waals surface area contributed by atoms with Gasteiger partial charge in [0.05, 0.1) is 10.6 Å². The van der Waals surface area contributed by atoms with Gasteiger partial charge in [-0.3, -0.25) is 13.9 Å². The number of hydrogen-bond donors (Lipinski definition) is 1. The smallest absolute Gasteiger partial charge is 0.327 e. The molecule has 0 radical (unpaired) electrons. The van der Waals surface area contributed by atoms with Crippen LogP contribution in [-0.2, 0) is 30.8 Å². The Morgan fingerprint density at radius 2 is 1.71 bits per heavy atom. The summed E-state index contributed by atoms with van der Waals surface area (Å²) in [7, 11) is -3.87. The Morgan fingerprint density at radius 1 is 1.03 bits per heavy atom. The number of rotatable bonds is 6. The van der Waals surface area contributed by atoms with Gasteiger partial charge in [0.15, 0.2) is 6.10 Å². The van der Waals surface area contributed by atoms with Crippen LogP contribution in [0.5, 0.6) is 0 Å². The number of hydrogen-bond acceptors (Lipinski definition) is 5. The summed E-state index contributed by atoms with van der Waals surface area (Å²) in [4.78, 5) is 25.0. The minimum Gasteiger partial charge on any atom is -0.451 e. The van der Waals surface area contributed by atoms with Crippen molar-refractivity contribution in [1.82, 2.24) is 0 Å². The van der Waals surface area contributed by atoms with Gasteiger partial charge in [0.2, 0.25) is 0 Å². The Balaban J connectivity index is 1.45. The molecule has 0 aliphatic carbocycles. The first-order valence-corrected chi connectivity index (χ1v) is 11.4. The summed E-state index contributed by atoms with van der Waals surface area (Å²) < 4.78 is 32.2. The number of nitrogens with zero attached hydrogens (tertiary/aromatic N) is 1. The molecule has 160 valence electrons. The van der Waals surface area contributed by atoms with E-state index < -0.39 is 34.5 Å². The van der Waals surface area contributed by atoms with Crippen LogP contribution in [0.4, 0.5) is 11.4 Å². The van der Waals surface area contributed by atoms with Gasteiger partial charge in [0, 0.05) is 11.1 Å². The highest BCUT2D eigenvalue weighted by atomic mass is 32.2. The molecule has 4 rings (SSSR count). The summed E-state index contributed by atoms with van der Waals surface area (Å²) >= 11 is 0. The Kier molecular flexibility index (Phi) is 5.41. The van der Waals surface area contributed by atoms with Gasteiger partial charge in [-0.2, -0.15) is 0 Å². The van der Waals surface area contributed by atoms with Crippen LogP contribution in [-0.4, -0.2) is 32.9 Å². The van der Waals surface area contributed by atoms with Crippen molar-refractivity contribution in [2.24, 2.45) is 0 Å². The van der Waals surface area contributed by atoms with E-state index >= 15 is 0 Å². The number of benzene rings is 3. The monoisotopic (exact) mass is 438 g/mol. The van der Waals surface area contributed by atoms with Crippen molar-refractivity contribution >= 4 is 44.0 Å². The van der Waals surface area contributed by atoms with E-state index in [-0.39, 0.29) is 4.90 Å². The van der Waals surface area contributed by atoms with Crippen LogP contribution in [0.1, 0.15) is 19.4 Å². The van der Waals surface area contributed by atoms with Crippen molar-refractivity contribution in [1.29, 1.82) is 0 Å². The van der Waals surface area contributed by atoms with Gasteiger partial charge in [-0.25, -0.2) is 8.42 Å². The second-order valence-electron chi connectivity index (χ2n) is 7.31. The maximum absolute atomic E-state index is 13.0. The van der Waals surface area contributed by atoms with E-state index in [4.69, 9.17) is 4.74 Å². The Hall–Kier alpha value is -3.39. The minimum atomic E-state index is -3.87. The van der Waals surface area contributed by atoms with E-state index in [1.807, 2.05) is 31.2 Å². The summed E-state index contributed by atoms with van der Waals surface area (Å²) in [5.41, 5.74) is 2.16. The van der Waals surface area contributed by atoms with E-state index in [1.54, 1.807) is 30.3 Å². The zero-order valence-corrected chi connectivity index (χ0v) is 18.0. The molecular weight excluding hydrogens is 416 g/mol. The van der Waals surface area contributed by atoms with Crippen LogP contribution in [0.2, 0.25) is 0 Å². The molecule has 1 aliphatic heterocycles. The van der Waals surface area contributed by atoms with E-state index in [0.29, 0.717) is 16.8 Å². The third kappa shape index (κ3) is 3.86. The van der Waals surface area contributed by atoms with Crippen LogP contribution in [0.3, 0.4) is 0 Å². The van der Waals surface area contributed by atoms with Crippen molar-refractivity contribution in [2.75, 3.05) is 16.2 Å². The average molecular weight is 439 g/mol. The molecule has 1 heterocycles. The minimum absolute atomic E-state index is 0.162. The lowest BCUT2D eigenvalue weighted by Crippen LogP contribution is -2.37. The standard InChI is InChI=1S/C23H22N2O5S/c1-3-16-10-12-18(13-11-16)24-23(27)15(2)30-21(26)14-25-19-8-4-6-17-7-5-9-20(22(17)19)31(25,28)29/h4-13,15H,3,14H2,1-2H3,(H,24,27). The lowest BCUT2D eigenvalue weighted by molar-refractivity contribution is -0.151. The molecule has 0 saturated carbocycles. The highest BCUT2D eigenvalue weighted by molar-refractivity contribution is 7.93. The molecule has 0 spiro atoms. The second-order valence-corrected chi connectivity index (χ2v) is 9.15. The van der Waals surface area contributed by atoms with Crippen LogP contribution in [0.15, 0.2) is 65.6 Å². The largest absolute Gasteiger partial charge is 0.451 e. The number of esters is 1. The molecule has 7 nitrogen and oxygen atoms in total. The van der Waals surface area contributed by atoms with Crippen molar-refractivity contribution in [3.63, 3.8) is 0 Å². The Bertz CT molecular complexity index is 1260. The first-order valence-electron chi connectivity index (χ1n) is 9.95. The summed E-state index contributed by atoms with van der Waals surface area (Å²) in [5, 5.41) is 4.05. The van der Waals surface area contributed by atoms with E-state index in [1.165, 1.54) is 13.0 Å². The highest BCUT2D eigenvalue weighted by Gasteiger charge is 2.37. The number of nitrogens with one attached hydrogen (secondary N) is 1. The maximum Gasteiger partial charge on any atom is 0.327 e. The summed E-state index contributed by atoms with van der Waals surface area (Å²) in [6.45, 7) is 2.97. The lowest BCUT2D eigenvalue weighted by Gasteiger charge is -2.19. The number of carbonyl (C=O) groups is 2. The maximum atomic E-state index is 13.0. The quantitative estimate of drug-likeness (QED) is 0.595. The molecule has 1 atom stereocenters. The molecule has 1 amide bonds. The van der Waals surface area contributed by atoms with E-state index in [2.05, 4.69) is 5.32 Å². The van der Waals surface area contributed by atoms with Gasteiger partial charge in [0.1, 0.15) is 6.54 Å². The van der Waals surface area contributed by atoms with Gasteiger partial charge >= 0.3 is 5.97 Å². The summed E-state index contributed by atoms with van der Waals surface area (Å²) in [6, 6.07) is 17.6. The summed E-state index contributed by atoms with van der Waals surface area (Å²) in [6.07, 6.45) is -0.194. The second kappa shape index (κ2) is 8.03. The molecule has 0 fully saturated rings. The van der Waals surface area contributed by atoms with Crippen molar-refractivity contribution in [2.45, 2.75) is 31.3 Å². The predicted octanol–water partition coefficient (Wildman–Crippen LogP) is 3.48. The average Bonchev–Trinajstić information content (AvgIpc) is 2.97. The zero-order valence-electron chi connectivity index (χ0n) is 17.2. The molecule has 3 aromatic carbocycles. The fraction of sp³-hybridized carbons (Fsp3) is 0.217. The number of carbonyl (C=O) groups excluding carboxylic acids is 2. The normalized spacial score (nSPS) is 15.0. The molecule has 0 bridgehead atoms. The number of anilines is 2. The summed E-state index contributed by atoms with van der Waals surface area (Å²) in [5.74, 6) is -1.30. The highest BCUT2D eigenvalue weighted by Crippen LogP contribution is 2.41. The van der Waals surface area contributed by atoms with Crippen molar-refractivity contribution in [3.05, 3.63) is 66.2 Å². The molecule has 1 aliphatic rings. The molecule has 0 aromatic heterocycles. The molecule has 0 saturated heterocycles. The number of sulfonamides is 1. The number of amides is 1. The first-order chi connectivity index (χ1) is 14.8. The van der Waals surface area contributed by atoms with Crippen LogP contribution in [0.25, 0.3) is 10.8 Å². The fourth-order valence-corrected chi connectivity index (χ4v) is 5.26. The van der Waals surface area contributed by atoms with Gasteiger partial charge < -0.3 is 10.1 Å². The molecule has 8 heteroatoms. The van der Waals surface area contributed by atoms with Gasteiger partial charge in [0.25, 0.3) is 15.9 Å². The molecule has 1 N–H and O–H groups in total. The third-order valence-corrected chi connectivity index (χ3v) is 7.06. The SMILES string of the molecule is CCc1ccc(NC(=O)C(C)OC(=O)CN2c3cccc4cccc(c34)S2(=O)=O)cc1. The number of ether oxygens (including phenoxy) is 1. The van der Waals surface area contributed by atoms with Crippen molar-refractivity contribution in [3.8, 4) is 0 Å². The van der Waals surface area contributed by atoms with E-state index in [0.717, 1.165) is 21.7 Å². The van der Waals surface area contributed by atoms with Crippen LogP contribution < -0.4 is 9.62 Å². The molecular formula is C23H22N2O5S. The third-order valence-electron chi connectivity index (χ3n) is 5.26. The predicted molar refractivity (Wildman–Crippen MR) is 118 cm³/mol. The van der Waals surface area contributed by atoms with Crippen molar-refractivity contribution < 1.29 is 22.7 Å². The fourth-order valence-electron chi connectivity index (χ4n) is 3.60. The molecule has 31 heavy (non-hydrogen) atoms. The van der Waals surface area contributed by atoms with Crippen LogP contribution in [0, 0.1) is 0 Å². The molecule has 3 aromatic rings.